The number of hydrogen-bond donors (Lipinski definition) is 1. The van der Waals surface area contributed by atoms with Crippen LogP contribution in [0.2, 0.25) is 5.02 Å². The smallest absolute Gasteiger partial charge is 0.125 e. The predicted octanol–water partition coefficient (Wildman–Crippen LogP) is 4.11. The number of nitrogens with one attached hydrogen (secondary N) is 1. The van der Waals surface area contributed by atoms with E-state index in [4.69, 9.17) is 16.3 Å². The Labute approximate surface area is 117 Å². The molecule has 0 amide bonds. The first kappa shape index (κ1) is 13.4. The monoisotopic (exact) mass is 281 g/mol. The third-order valence-corrected chi connectivity index (χ3v) is 3.73. The lowest BCUT2D eigenvalue weighted by atomic mass is 10.0. The van der Waals surface area contributed by atoms with Gasteiger partial charge in [-0.3, -0.25) is 0 Å². The molecule has 0 saturated heterocycles. The molecule has 1 aromatic heterocycles. The first-order valence-corrected chi connectivity index (χ1v) is 7.17. The van der Waals surface area contributed by atoms with Gasteiger partial charge in [0, 0.05) is 10.6 Å². The maximum atomic E-state index is 6.00. The van der Waals surface area contributed by atoms with Gasteiger partial charge in [0.25, 0.3) is 0 Å². The van der Waals surface area contributed by atoms with Crippen molar-refractivity contribution in [2.75, 3.05) is 13.7 Å². The summed E-state index contributed by atoms with van der Waals surface area (Å²) in [4.78, 5) is 0. The van der Waals surface area contributed by atoms with E-state index in [1.54, 1.807) is 18.4 Å². The van der Waals surface area contributed by atoms with Gasteiger partial charge in [-0.05, 0) is 41.1 Å². The van der Waals surface area contributed by atoms with Crippen LogP contribution in [0.15, 0.2) is 35.0 Å². The average Bonchev–Trinajstić information content (AvgIpc) is 2.90. The summed E-state index contributed by atoms with van der Waals surface area (Å²) in [6, 6.07) is 8.05. The highest BCUT2D eigenvalue weighted by atomic mass is 35.5. The highest BCUT2D eigenvalue weighted by Crippen LogP contribution is 2.32. The molecule has 4 heteroatoms. The largest absolute Gasteiger partial charge is 0.496 e. The molecule has 2 nitrogen and oxygen atoms in total. The van der Waals surface area contributed by atoms with Crippen molar-refractivity contribution >= 4 is 22.9 Å². The fourth-order valence-corrected chi connectivity index (χ4v) is 2.82. The minimum atomic E-state index is 0.147. The Morgan fingerprint density at radius 1 is 1.39 bits per heavy atom. The number of methoxy groups -OCH3 is 1. The SMILES string of the molecule is CCNC(c1ccsc1)c1ccc(Cl)cc1OC. The molecule has 1 aromatic carbocycles. The minimum absolute atomic E-state index is 0.147. The quantitative estimate of drug-likeness (QED) is 0.890. The number of thiophene rings is 1. The molecule has 0 aliphatic rings. The molecule has 0 spiro atoms. The van der Waals surface area contributed by atoms with Gasteiger partial charge in [-0.1, -0.05) is 24.6 Å². The van der Waals surface area contributed by atoms with Crippen LogP contribution in [0.1, 0.15) is 24.1 Å². The summed E-state index contributed by atoms with van der Waals surface area (Å²) in [6.07, 6.45) is 0. The summed E-state index contributed by atoms with van der Waals surface area (Å²) < 4.78 is 5.43. The maximum absolute atomic E-state index is 6.00. The Balaban J connectivity index is 2.42. The van der Waals surface area contributed by atoms with E-state index in [9.17, 15) is 0 Å². The Hall–Kier alpha value is -1.03. The van der Waals surface area contributed by atoms with Gasteiger partial charge in [-0.2, -0.15) is 11.3 Å². The Kier molecular flexibility index (Phi) is 4.64. The molecule has 96 valence electrons. The second-order valence-corrected chi connectivity index (χ2v) is 5.15. The van der Waals surface area contributed by atoms with Crippen LogP contribution in [0.4, 0.5) is 0 Å². The summed E-state index contributed by atoms with van der Waals surface area (Å²) in [5.41, 5.74) is 2.37. The van der Waals surface area contributed by atoms with Gasteiger partial charge in [-0.15, -0.1) is 0 Å². The van der Waals surface area contributed by atoms with Crippen LogP contribution in [0, 0.1) is 0 Å². The summed E-state index contributed by atoms with van der Waals surface area (Å²) in [5, 5.41) is 8.41. The molecule has 2 aromatic rings. The molecule has 1 atom stereocenters. The molecular weight excluding hydrogens is 266 g/mol. The van der Waals surface area contributed by atoms with E-state index in [-0.39, 0.29) is 6.04 Å². The first-order valence-electron chi connectivity index (χ1n) is 5.85. The van der Waals surface area contributed by atoms with E-state index in [0.29, 0.717) is 5.02 Å². The normalized spacial score (nSPS) is 12.4. The Morgan fingerprint density at radius 2 is 2.22 bits per heavy atom. The van der Waals surface area contributed by atoms with E-state index in [1.165, 1.54) is 5.56 Å². The summed E-state index contributed by atoms with van der Waals surface area (Å²) in [6.45, 7) is 2.99. The van der Waals surface area contributed by atoms with Crippen molar-refractivity contribution in [2.24, 2.45) is 0 Å². The molecular formula is C14H16ClNOS. The molecule has 0 bridgehead atoms. The zero-order chi connectivity index (χ0) is 13.0. The van der Waals surface area contributed by atoms with Gasteiger partial charge >= 0.3 is 0 Å². The summed E-state index contributed by atoms with van der Waals surface area (Å²) in [7, 11) is 1.67. The number of halogens is 1. The van der Waals surface area contributed by atoms with Crippen molar-refractivity contribution in [3.05, 3.63) is 51.2 Å². The van der Waals surface area contributed by atoms with Gasteiger partial charge in [0.15, 0.2) is 0 Å². The van der Waals surface area contributed by atoms with Gasteiger partial charge in [0.2, 0.25) is 0 Å². The van der Waals surface area contributed by atoms with Gasteiger partial charge in [0.1, 0.15) is 5.75 Å². The third-order valence-electron chi connectivity index (χ3n) is 2.79. The second-order valence-electron chi connectivity index (χ2n) is 3.93. The van der Waals surface area contributed by atoms with Gasteiger partial charge in [0.05, 0.1) is 13.2 Å². The van der Waals surface area contributed by atoms with E-state index in [0.717, 1.165) is 17.9 Å². The molecule has 0 aliphatic carbocycles. The van der Waals surface area contributed by atoms with Crippen molar-refractivity contribution in [1.29, 1.82) is 0 Å². The van der Waals surface area contributed by atoms with E-state index >= 15 is 0 Å². The number of rotatable bonds is 5. The van der Waals surface area contributed by atoms with Crippen LogP contribution in [-0.4, -0.2) is 13.7 Å². The molecule has 1 heterocycles. The van der Waals surface area contributed by atoms with Gasteiger partial charge in [-0.25, -0.2) is 0 Å². The molecule has 0 saturated carbocycles. The number of ether oxygens (including phenoxy) is 1. The zero-order valence-electron chi connectivity index (χ0n) is 10.4. The minimum Gasteiger partial charge on any atom is -0.496 e. The molecule has 18 heavy (non-hydrogen) atoms. The first-order chi connectivity index (χ1) is 8.76. The van der Waals surface area contributed by atoms with Crippen molar-refractivity contribution in [1.82, 2.24) is 5.32 Å². The Bertz CT molecular complexity index is 499. The van der Waals surface area contributed by atoms with Crippen molar-refractivity contribution in [3.63, 3.8) is 0 Å². The van der Waals surface area contributed by atoms with Crippen molar-refractivity contribution in [3.8, 4) is 5.75 Å². The lowest BCUT2D eigenvalue weighted by Crippen LogP contribution is -2.22. The predicted molar refractivity (Wildman–Crippen MR) is 77.8 cm³/mol. The summed E-state index contributed by atoms with van der Waals surface area (Å²) in [5.74, 6) is 0.819. The fourth-order valence-electron chi connectivity index (χ4n) is 1.97. The molecule has 1 unspecified atom stereocenters. The second kappa shape index (κ2) is 6.23. The maximum Gasteiger partial charge on any atom is 0.125 e. The van der Waals surface area contributed by atoms with Crippen molar-refractivity contribution < 1.29 is 4.74 Å². The molecule has 2 rings (SSSR count). The van der Waals surface area contributed by atoms with Crippen LogP contribution in [0.25, 0.3) is 0 Å². The lowest BCUT2D eigenvalue weighted by molar-refractivity contribution is 0.404. The Morgan fingerprint density at radius 3 is 2.83 bits per heavy atom. The number of benzene rings is 1. The van der Waals surface area contributed by atoms with E-state index in [1.807, 2.05) is 18.2 Å². The lowest BCUT2D eigenvalue weighted by Gasteiger charge is -2.20. The van der Waals surface area contributed by atoms with E-state index < -0.39 is 0 Å². The topological polar surface area (TPSA) is 21.3 Å². The summed E-state index contributed by atoms with van der Waals surface area (Å²) >= 11 is 7.70. The fraction of sp³-hybridized carbons (Fsp3) is 0.286. The standard InChI is InChI=1S/C14H16ClNOS/c1-3-16-14(10-6-7-18-9-10)12-5-4-11(15)8-13(12)17-2/h4-9,14,16H,3H2,1-2H3. The molecule has 0 aliphatic heterocycles. The van der Waals surface area contributed by atoms with E-state index in [2.05, 4.69) is 29.1 Å². The van der Waals surface area contributed by atoms with Crippen LogP contribution >= 0.6 is 22.9 Å². The van der Waals surface area contributed by atoms with Crippen LogP contribution in [0.5, 0.6) is 5.75 Å². The van der Waals surface area contributed by atoms with Crippen LogP contribution in [0.3, 0.4) is 0 Å². The van der Waals surface area contributed by atoms with Crippen LogP contribution in [-0.2, 0) is 0 Å². The number of hydrogen-bond acceptors (Lipinski definition) is 3. The van der Waals surface area contributed by atoms with Crippen molar-refractivity contribution in [2.45, 2.75) is 13.0 Å². The zero-order valence-corrected chi connectivity index (χ0v) is 12.0. The molecule has 0 radical (unpaired) electrons. The highest BCUT2D eigenvalue weighted by molar-refractivity contribution is 7.08. The average molecular weight is 282 g/mol. The van der Waals surface area contributed by atoms with Gasteiger partial charge < -0.3 is 10.1 Å². The van der Waals surface area contributed by atoms with Crippen LogP contribution < -0.4 is 10.1 Å². The highest BCUT2D eigenvalue weighted by Gasteiger charge is 2.17. The molecule has 1 N–H and O–H groups in total. The molecule has 0 fully saturated rings. The third kappa shape index (κ3) is 2.86.